The van der Waals surface area contributed by atoms with E-state index in [-0.39, 0.29) is 0 Å². The first-order chi connectivity index (χ1) is 5.19. The molecule has 0 amide bonds. The van der Waals surface area contributed by atoms with E-state index >= 15 is 0 Å². The Morgan fingerprint density at radius 3 is 2.82 bits per heavy atom. The summed E-state index contributed by atoms with van der Waals surface area (Å²) in [5.74, 6) is 0. The van der Waals surface area contributed by atoms with Gasteiger partial charge in [0.2, 0.25) is 0 Å². The van der Waals surface area contributed by atoms with Crippen LogP contribution in [0.1, 0.15) is 6.42 Å². The molecule has 0 aliphatic heterocycles. The van der Waals surface area contributed by atoms with Gasteiger partial charge in [0, 0.05) is 0 Å². The molecule has 0 saturated heterocycles. The number of allylic oxidation sites excluding steroid dienone is 3. The smallest absolute Gasteiger partial charge is 0.163 e. The van der Waals surface area contributed by atoms with E-state index in [1.54, 1.807) is 18.2 Å². The molecule has 58 valence electrons. The number of nitrogens with zero attached hydrogens (tertiary/aromatic N) is 1. The summed E-state index contributed by atoms with van der Waals surface area (Å²) in [6.45, 7) is 0. The molecule has 0 aromatic rings. The van der Waals surface area contributed by atoms with Crippen LogP contribution >= 0.6 is 11.6 Å². The van der Waals surface area contributed by atoms with Crippen LogP contribution in [-0.2, 0) is 0 Å². The zero-order valence-corrected chi connectivity index (χ0v) is 6.62. The molecule has 1 unspecified atom stereocenters. The van der Waals surface area contributed by atoms with Gasteiger partial charge in [-0.1, -0.05) is 24.3 Å². The normalized spacial score (nSPS) is 31.4. The van der Waals surface area contributed by atoms with Crippen LogP contribution in [0.15, 0.2) is 24.3 Å². The monoisotopic (exact) mass is 169 g/mol. The molecule has 0 radical (unpaired) electrons. The number of hydrogen-bond donors (Lipinski definition) is 1. The Kier molecular flexibility index (Phi) is 2.33. The number of halogens is 1. The van der Waals surface area contributed by atoms with Crippen molar-refractivity contribution < 1.29 is 5.11 Å². The molecule has 0 aromatic heterocycles. The molecule has 0 spiro atoms. The van der Waals surface area contributed by atoms with Gasteiger partial charge in [0.05, 0.1) is 6.07 Å². The number of aliphatic hydroxyl groups excluding tert-OH is 1. The minimum atomic E-state index is -1.13. The summed E-state index contributed by atoms with van der Waals surface area (Å²) >= 11 is 5.92. The third-order valence-electron chi connectivity index (χ3n) is 1.63. The third kappa shape index (κ3) is 1.62. The molecule has 1 aliphatic carbocycles. The van der Waals surface area contributed by atoms with Gasteiger partial charge in [0.1, 0.15) is 4.87 Å². The lowest BCUT2D eigenvalue weighted by Gasteiger charge is -2.24. The highest BCUT2D eigenvalue weighted by Crippen LogP contribution is 2.28. The van der Waals surface area contributed by atoms with Gasteiger partial charge in [-0.3, -0.25) is 0 Å². The van der Waals surface area contributed by atoms with Gasteiger partial charge < -0.3 is 5.11 Å². The van der Waals surface area contributed by atoms with Crippen LogP contribution in [0, 0.1) is 11.3 Å². The van der Waals surface area contributed by atoms with Gasteiger partial charge in [-0.15, -0.1) is 11.6 Å². The number of hydrogen-bond acceptors (Lipinski definition) is 2. The first kappa shape index (κ1) is 8.32. The largest absolute Gasteiger partial charge is 0.376 e. The van der Waals surface area contributed by atoms with Crippen LogP contribution in [-0.4, -0.2) is 16.1 Å². The standard InChI is InChI=1S/C8H8ClNO/c9-8(7(11)6-10)4-2-1-3-5-8/h1-4,7,11H,5H2/t7-,8?/m1/s1. The quantitative estimate of drug-likeness (QED) is 0.476. The summed E-state index contributed by atoms with van der Waals surface area (Å²) in [4.78, 5) is -0.913. The van der Waals surface area contributed by atoms with Crippen molar-refractivity contribution >= 4 is 11.6 Å². The Morgan fingerprint density at radius 2 is 2.36 bits per heavy atom. The van der Waals surface area contributed by atoms with Crippen molar-refractivity contribution in [2.45, 2.75) is 17.4 Å². The highest BCUT2D eigenvalue weighted by atomic mass is 35.5. The molecule has 0 fully saturated rings. The fraction of sp³-hybridized carbons (Fsp3) is 0.375. The van der Waals surface area contributed by atoms with Crippen molar-refractivity contribution in [2.24, 2.45) is 0 Å². The van der Waals surface area contributed by atoms with Crippen LogP contribution in [0.5, 0.6) is 0 Å². The maximum absolute atomic E-state index is 9.16. The topological polar surface area (TPSA) is 44.0 Å². The van der Waals surface area contributed by atoms with Gasteiger partial charge in [-0.25, -0.2) is 0 Å². The minimum Gasteiger partial charge on any atom is -0.376 e. The molecule has 0 heterocycles. The molecule has 0 bridgehead atoms. The average molecular weight is 170 g/mol. The first-order valence-electron chi connectivity index (χ1n) is 3.30. The summed E-state index contributed by atoms with van der Waals surface area (Å²) in [5.41, 5.74) is 0. The lowest BCUT2D eigenvalue weighted by molar-refractivity contribution is 0.197. The molecule has 2 atom stereocenters. The van der Waals surface area contributed by atoms with Crippen LogP contribution in [0.2, 0.25) is 0 Å². The van der Waals surface area contributed by atoms with Crippen LogP contribution in [0.4, 0.5) is 0 Å². The number of nitriles is 1. The molecule has 11 heavy (non-hydrogen) atoms. The SMILES string of the molecule is N#C[C@@H](O)C1(Cl)C=CC=CC1. The Bertz CT molecular complexity index is 241. The molecule has 2 nitrogen and oxygen atoms in total. The van der Waals surface area contributed by atoms with Crippen molar-refractivity contribution in [3.05, 3.63) is 24.3 Å². The second-order valence-corrected chi connectivity index (χ2v) is 3.15. The van der Waals surface area contributed by atoms with Gasteiger partial charge in [0.25, 0.3) is 0 Å². The van der Waals surface area contributed by atoms with Crippen molar-refractivity contribution in [1.82, 2.24) is 0 Å². The third-order valence-corrected chi connectivity index (χ3v) is 2.12. The van der Waals surface area contributed by atoms with E-state index in [9.17, 15) is 0 Å². The maximum Gasteiger partial charge on any atom is 0.163 e. The van der Waals surface area contributed by atoms with Crippen molar-refractivity contribution in [3.63, 3.8) is 0 Å². The lowest BCUT2D eigenvalue weighted by atomic mass is 9.94. The maximum atomic E-state index is 9.16. The Hall–Kier alpha value is -0.780. The number of alkyl halides is 1. The van der Waals surface area contributed by atoms with Gasteiger partial charge >= 0.3 is 0 Å². The predicted octanol–water partition coefficient (Wildman–Crippen LogP) is 1.36. The second kappa shape index (κ2) is 3.08. The van der Waals surface area contributed by atoms with Gasteiger partial charge in [-0.05, 0) is 6.42 Å². The second-order valence-electron chi connectivity index (χ2n) is 2.45. The first-order valence-corrected chi connectivity index (χ1v) is 3.68. The molecule has 3 heteroatoms. The van der Waals surface area contributed by atoms with Crippen molar-refractivity contribution in [3.8, 4) is 6.07 Å². The summed E-state index contributed by atoms with van der Waals surface area (Å²) < 4.78 is 0. The lowest BCUT2D eigenvalue weighted by Crippen LogP contribution is -2.33. The van der Waals surface area contributed by atoms with E-state index in [0.29, 0.717) is 6.42 Å². The highest BCUT2D eigenvalue weighted by Gasteiger charge is 2.32. The number of aliphatic hydroxyl groups is 1. The van der Waals surface area contributed by atoms with E-state index in [1.807, 2.05) is 12.2 Å². The fourth-order valence-corrected chi connectivity index (χ4v) is 1.13. The van der Waals surface area contributed by atoms with Gasteiger partial charge in [0.15, 0.2) is 6.10 Å². The molecule has 0 saturated carbocycles. The van der Waals surface area contributed by atoms with E-state index in [1.165, 1.54) is 0 Å². The number of rotatable bonds is 1. The molecule has 0 aromatic carbocycles. The molecular formula is C8H8ClNO. The summed E-state index contributed by atoms with van der Waals surface area (Å²) in [7, 11) is 0. The van der Waals surface area contributed by atoms with E-state index in [0.717, 1.165) is 0 Å². The van der Waals surface area contributed by atoms with Crippen LogP contribution in [0.3, 0.4) is 0 Å². The van der Waals surface area contributed by atoms with E-state index < -0.39 is 11.0 Å². The molecular weight excluding hydrogens is 162 g/mol. The minimum absolute atomic E-state index is 0.500. The van der Waals surface area contributed by atoms with E-state index in [4.69, 9.17) is 22.0 Å². The summed E-state index contributed by atoms with van der Waals surface area (Å²) in [6.07, 6.45) is 6.41. The molecule has 1 rings (SSSR count). The fourth-order valence-electron chi connectivity index (χ4n) is 0.921. The van der Waals surface area contributed by atoms with Crippen molar-refractivity contribution in [1.29, 1.82) is 5.26 Å². The molecule has 1 aliphatic rings. The highest BCUT2D eigenvalue weighted by molar-refractivity contribution is 6.26. The molecule has 1 N–H and O–H groups in total. The van der Waals surface area contributed by atoms with Crippen LogP contribution < -0.4 is 0 Å². The van der Waals surface area contributed by atoms with Crippen LogP contribution in [0.25, 0.3) is 0 Å². The van der Waals surface area contributed by atoms with Crippen molar-refractivity contribution in [2.75, 3.05) is 0 Å². The Labute approximate surface area is 70.4 Å². The predicted molar refractivity (Wildman–Crippen MR) is 43.1 cm³/mol. The van der Waals surface area contributed by atoms with Gasteiger partial charge in [-0.2, -0.15) is 5.26 Å². The average Bonchev–Trinajstić information content (AvgIpc) is 2.04. The zero-order chi connectivity index (χ0) is 8.32. The Morgan fingerprint density at radius 1 is 1.64 bits per heavy atom. The summed E-state index contributed by atoms with van der Waals surface area (Å²) in [6, 6.07) is 1.71. The van der Waals surface area contributed by atoms with E-state index in [2.05, 4.69) is 0 Å². The summed E-state index contributed by atoms with van der Waals surface area (Å²) in [5, 5.41) is 17.6. The Balaban J connectivity index is 2.77. The zero-order valence-electron chi connectivity index (χ0n) is 5.87.